The summed E-state index contributed by atoms with van der Waals surface area (Å²) in [6.45, 7) is 2.12. The van der Waals surface area contributed by atoms with Crippen molar-refractivity contribution < 1.29 is 0 Å². The monoisotopic (exact) mass is 264 g/mol. The van der Waals surface area contributed by atoms with Crippen LogP contribution in [0.15, 0.2) is 24.3 Å². The van der Waals surface area contributed by atoms with Crippen molar-refractivity contribution in [1.82, 2.24) is 5.32 Å². The minimum Gasteiger partial charge on any atom is -0.378 e. The first-order valence-electron chi connectivity index (χ1n) is 6.67. The lowest BCUT2D eigenvalue weighted by molar-refractivity contribution is 0.345. The lowest BCUT2D eigenvalue weighted by Crippen LogP contribution is -2.43. The van der Waals surface area contributed by atoms with Gasteiger partial charge in [-0.15, -0.1) is 0 Å². The van der Waals surface area contributed by atoms with Crippen LogP contribution in [-0.4, -0.2) is 31.6 Å². The van der Waals surface area contributed by atoms with Gasteiger partial charge in [0.05, 0.1) is 0 Å². The van der Waals surface area contributed by atoms with Crippen molar-refractivity contribution in [2.24, 2.45) is 0 Å². The Kier molecular flexibility index (Phi) is 4.57. The molecule has 0 atom stereocenters. The van der Waals surface area contributed by atoms with Crippen molar-refractivity contribution in [3.05, 3.63) is 29.8 Å². The zero-order chi connectivity index (χ0) is 13.0. The minimum atomic E-state index is 0.531. The van der Waals surface area contributed by atoms with E-state index in [0.29, 0.717) is 4.75 Å². The van der Waals surface area contributed by atoms with Gasteiger partial charge in [-0.1, -0.05) is 18.6 Å². The highest BCUT2D eigenvalue weighted by atomic mass is 32.2. The fraction of sp³-hybridized carbons (Fsp3) is 0.600. The Morgan fingerprint density at radius 2 is 1.89 bits per heavy atom. The number of nitrogens with one attached hydrogen (secondary N) is 1. The average molecular weight is 264 g/mol. The Hall–Kier alpha value is -0.670. The maximum absolute atomic E-state index is 3.61. The van der Waals surface area contributed by atoms with Crippen molar-refractivity contribution in [2.45, 2.75) is 30.6 Å². The predicted molar refractivity (Wildman–Crippen MR) is 82.6 cm³/mol. The van der Waals surface area contributed by atoms with Crippen LogP contribution in [0.2, 0.25) is 0 Å². The molecule has 0 aromatic heterocycles. The van der Waals surface area contributed by atoms with E-state index >= 15 is 0 Å². The number of anilines is 1. The molecule has 1 aliphatic carbocycles. The fourth-order valence-corrected chi connectivity index (χ4v) is 3.31. The topological polar surface area (TPSA) is 15.3 Å². The molecule has 0 saturated heterocycles. The molecule has 0 unspecified atom stereocenters. The number of hydrogen-bond acceptors (Lipinski definition) is 3. The van der Waals surface area contributed by atoms with Gasteiger partial charge in [0.25, 0.3) is 0 Å². The summed E-state index contributed by atoms with van der Waals surface area (Å²) in [6, 6.07) is 8.80. The van der Waals surface area contributed by atoms with Crippen LogP contribution in [0.25, 0.3) is 0 Å². The molecule has 0 aliphatic heterocycles. The molecule has 1 aromatic rings. The summed E-state index contributed by atoms with van der Waals surface area (Å²) in [5.41, 5.74) is 2.63. The molecule has 3 heteroatoms. The zero-order valence-electron chi connectivity index (χ0n) is 11.7. The average Bonchev–Trinajstić information content (AvgIpc) is 2.33. The van der Waals surface area contributed by atoms with E-state index in [1.807, 2.05) is 11.8 Å². The summed E-state index contributed by atoms with van der Waals surface area (Å²) < 4.78 is 0.531. The van der Waals surface area contributed by atoms with Gasteiger partial charge in [-0.05, 0) is 36.8 Å². The van der Waals surface area contributed by atoms with Gasteiger partial charge < -0.3 is 10.2 Å². The van der Waals surface area contributed by atoms with Crippen LogP contribution in [0.1, 0.15) is 24.8 Å². The van der Waals surface area contributed by atoms with Crippen LogP contribution < -0.4 is 10.2 Å². The number of nitrogens with zero attached hydrogens (tertiary/aromatic N) is 1. The molecule has 1 N–H and O–H groups in total. The zero-order valence-corrected chi connectivity index (χ0v) is 12.5. The van der Waals surface area contributed by atoms with Gasteiger partial charge >= 0.3 is 0 Å². The van der Waals surface area contributed by atoms with Crippen molar-refractivity contribution in [2.75, 3.05) is 31.8 Å². The molecular formula is C15H24N2S. The first-order valence-corrected chi connectivity index (χ1v) is 7.90. The number of benzene rings is 1. The molecule has 1 fully saturated rings. The van der Waals surface area contributed by atoms with Crippen LogP contribution in [-0.2, 0) is 6.54 Å². The number of hydrogen-bond donors (Lipinski definition) is 1. The van der Waals surface area contributed by atoms with Crippen LogP contribution in [0.5, 0.6) is 0 Å². The Bertz CT molecular complexity index is 363. The molecule has 0 spiro atoms. The number of rotatable bonds is 6. The second-order valence-corrected chi connectivity index (χ2v) is 6.68. The molecule has 2 rings (SSSR count). The Morgan fingerprint density at radius 1 is 1.22 bits per heavy atom. The Labute approximate surface area is 115 Å². The largest absolute Gasteiger partial charge is 0.378 e. The highest BCUT2D eigenvalue weighted by Crippen LogP contribution is 2.42. The lowest BCUT2D eigenvalue weighted by atomic mass is 9.84. The van der Waals surface area contributed by atoms with Gasteiger partial charge in [-0.3, -0.25) is 0 Å². The molecule has 18 heavy (non-hydrogen) atoms. The third-order valence-electron chi connectivity index (χ3n) is 3.93. The van der Waals surface area contributed by atoms with E-state index in [9.17, 15) is 0 Å². The molecule has 0 radical (unpaired) electrons. The van der Waals surface area contributed by atoms with Gasteiger partial charge in [0, 0.05) is 37.6 Å². The molecule has 0 bridgehead atoms. The van der Waals surface area contributed by atoms with E-state index in [0.717, 1.165) is 13.1 Å². The van der Waals surface area contributed by atoms with Gasteiger partial charge in [-0.2, -0.15) is 11.8 Å². The first kappa shape index (κ1) is 13.8. The van der Waals surface area contributed by atoms with E-state index in [1.165, 1.54) is 30.5 Å². The summed E-state index contributed by atoms with van der Waals surface area (Å²) in [5, 5.41) is 3.61. The standard InChI is InChI=1S/C15H24N2S/c1-17(2)14-7-5-13(6-8-14)11-16-12-15(18-3)9-4-10-15/h5-8,16H,4,9-12H2,1-3H3. The lowest BCUT2D eigenvalue weighted by Gasteiger charge is -2.40. The van der Waals surface area contributed by atoms with E-state index in [1.54, 1.807) is 0 Å². The first-order chi connectivity index (χ1) is 8.65. The van der Waals surface area contributed by atoms with Crippen LogP contribution >= 0.6 is 11.8 Å². The summed E-state index contributed by atoms with van der Waals surface area (Å²) in [5.74, 6) is 0. The van der Waals surface area contributed by atoms with Crippen molar-refractivity contribution in [3.8, 4) is 0 Å². The third-order valence-corrected chi connectivity index (χ3v) is 5.35. The molecule has 0 heterocycles. The SMILES string of the molecule is CSC1(CNCc2ccc(N(C)C)cc2)CCC1. The highest BCUT2D eigenvalue weighted by Gasteiger charge is 2.35. The van der Waals surface area contributed by atoms with Gasteiger partial charge in [0.1, 0.15) is 0 Å². The van der Waals surface area contributed by atoms with Gasteiger partial charge in [0.15, 0.2) is 0 Å². The second kappa shape index (κ2) is 5.98. The summed E-state index contributed by atoms with van der Waals surface area (Å²) in [7, 11) is 4.15. The molecule has 0 amide bonds. The normalized spacial score (nSPS) is 17.3. The third kappa shape index (κ3) is 3.21. The molecule has 1 aromatic carbocycles. The van der Waals surface area contributed by atoms with Gasteiger partial charge in [0.2, 0.25) is 0 Å². The quantitative estimate of drug-likeness (QED) is 0.850. The predicted octanol–water partition coefficient (Wildman–Crippen LogP) is 3.13. The highest BCUT2D eigenvalue weighted by molar-refractivity contribution is 8.00. The fourth-order valence-electron chi connectivity index (χ4n) is 2.37. The summed E-state index contributed by atoms with van der Waals surface area (Å²) >= 11 is 2.03. The van der Waals surface area contributed by atoms with Crippen molar-refractivity contribution >= 4 is 17.4 Å². The van der Waals surface area contributed by atoms with Gasteiger partial charge in [-0.25, -0.2) is 0 Å². The smallest absolute Gasteiger partial charge is 0.0361 e. The maximum atomic E-state index is 3.61. The van der Waals surface area contributed by atoms with Crippen molar-refractivity contribution in [1.29, 1.82) is 0 Å². The van der Waals surface area contributed by atoms with E-state index < -0.39 is 0 Å². The molecule has 1 aliphatic rings. The minimum absolute atomic E-state index is 0.531. The Morgan fingerprint density at radius 3 is 2.33 bits per heavy atom. The number of thioether (sulfide) groups is 1. The molecule has 100 valence electrons. The molecule has 2 nitrogen and oxygen atoms in total. The van der Waals surface area contributed by atoms with E-state index in [2.05, 4.69) is 54.8 Å². The second-order valence-electron chi connectivity index (χ2n) is 5.41. The van der Waals surface area contributed by atoms with E-state index in [-0.39, 0.29) is 0 Å². The maximum Gasteiger partial charge on any atom is 0.0361 e. The van der Waals surface area contributed by atoms with Crippen LogP contribution in [0.4, 0.5) is 5.69 Å². The Balaban J connectivity index is 1.79. The summed E-state index contributed by atoms with van der Waals surface area (Å²) in [4.78, 5) is 2.13. The molecular weight excluding hydrogens is 240 g/mol. The van der Waals surface area contributed by atoms with E-state index in [4.69, 9.17) is 0 Å². The summed E-state index contributed by atoms with van der Waals surface area (Å²) in [6.07, 6.45) is 6.40. The van der Waals surface area contributed by atoms with Crippen molar-refractivity contribution in [3.63, 3.8) is 0 Å². The molecule has 1 saturated carbocycles. The van der Waals surface area contributed by atoms with Crippen LogP contribution in [0, 0.1) is 0 Å². The van der Waals surface area contributed by atoms with Crippen LogP contribution in [0.3, 0.4) is 0 Å².